The van der Waals surface area contributed by atoms with E-state index in [0.717, 1.165) is 5.56 Å². The fraction of sp³-hybridized carbons (Fsp3) is 0.417. The van der Waals surface area contributed by atoms with E-state index in [1.807, 2.05) is 0 Å². The van der Waals surface area contributed by atoms with Crippen LogP contribution in [-0.4, -0.2) is 31.5 Å². The molecule has 0 radical (unpaired) electrons. The zero-order valence-electron chi connectivity index (χ0n) is 9.88. The van der Waals surface area contributed by atoms with Gasteiger partial charge in [-0.1, -0.05) is 29.3 Å². The maximum Gasteiger partial charge on any atom is 0.224 e. The fourth-order valence-electron chi connectivity index (χ4n) is 1.44. The normalized spacial score (nSPS) is 12.2. The number of benzene rings is 1. The van der Waals surface area contributed by atoms with E-state index in [9.17, 15) is 4.79 Å². The second kappa shape index (κ2) is 7.85. The third-order valence-electron chi connectivity index (χ3n) is 2.27. The number of hydrogen-bond acceptors (Lipinski definition) is 2. The van der Waals surface area contributed by atoms with Gasteiger partial charge in [0, 0.05) is 13.0 Å². The molecule has 0 fully saturated rings. The fourth-order valence-corrected chi connectivity index (χ4v) is 1.93. The van der Waals surface area contributed by atoms with Gasteiger partial charge in [-0.2, -0.15) is 0 Å². The number of carbonyl (C=O) groups excluding carboxylic acids is 1. The summed E-state index contributed by atoms with van der Waals surface area (Å²) in [7, 11) is 1.56. The summed E-state index contributed by atoms with van der Waals surface area (Å²) < 4.78 is 4.94. The molecule has 0 saturated carbocycles. The average Bonchev–Trinajstić information content (AvgIpc) is 2.33. The lowest BCUT2D eigenvalue weighted by atomic mass is 10.1. The van der Waals surface area contributed by atoms with Crippen LogP contribution in [0.3, 0.4) is 0 Å². The molecule has 1 aromatic carbocycles. The molecular formula is C12H14Cl3NO2. The number of nitrogens with one attached hydrogen (secondary N) is 1. The van der Waals surface area contributed by atoms with Crippen LogP contribution in [-0.2, 0) is 16.0 Å². The van der Waals surface area contributed by atoms with Gasteiger partial charge in [0.25, 0.3) is 0 Å². The van der Waals surface area contributed by atoms with Gasteiger partial charge < -0.3 is 10.1 Å². The lowest BCUT2D eigenvalue weighted by Crippen LogP contribution is -2.40. The Morgan fingerprint density at radius 2 is 2.11 bits per heavy atom. The van der Waals surface area contributed by atoms with Crippen LogP contribution in [0.15, 0.2) is 18.2 Å². The standard InChI is InChI=1S/C12H14Cl3NO2/c1-18-7-9(6-13)16-12(17)5-8-2-3-10(14)11(15)4-8/h2-4,9H,5-7H2,1H3,(H,16,17). The lowest BCUT2D eigenvalue weighted by molar-refractivity contribution is -0.121. The molecule has 1 N–H and O–H groups in total. The van der Waals surface area contributed by atoms with E-state index < -0.39 is 0 Å². The summed E-state index contributed by atoms with van der Waals surface area (Å²) in [4.78, 5) is 11.8. The third kappa shape index (κ3) is 5.02. The van der Waals surface area contributed by atoms with Crippen molar-refractivity contribution in [2.45, 2.75) is 12.5 Å². The minimum Gasteiger partial charge on any atom is -0.383 e. The molecule has 0 aliphatic rings. The Balaban J connectivity index is 2.55. The molecule has 0 saturated heterocycles. The Kier molecular flexibility index (Phi) is 6.79. The van der Waals surface area contributed by atoms with Crippen molar-refractivity contribution in [1.29, 1.82) is 0 Å². The SMILES string of the molecule is COCC(CCl)NC(=O)Cc1ccc(Cl)c(Cl)c1. The van der Waals surface area contributed by atoms with Crippen LogP contribution in [0.2, 0.25) is 10.0 Å². The summed E-state index contributed by atoms with van der Waals surface area (Å²) in [5, 5.41) is 3.69. The molecule has 3 nitrogen and oxygen atoms in total. The zero-order valence-corrected chi connectivity index (χ0v) is 12.1. The van der Waals surface area contributed by atoms with Gasteiger partial charge in [-0.05, 0) is 17.7 Å². The highest BCUT2D eigenvalue weighted by molar-refractivity contribution is 6.42. The van der Waals surface area contributed by atoms with Crippen molar-refractivity contribution in [1.82, 2.24) is 5.32 Å². The van der Waals surface area contributed by atoms with Crippen LogP contribution in [0.4, 0.5) is 0 Å². The highest BCUT2D eigenvalue weighted by atomic mass is 35.5. The zero-order chi connectivity index (χ0) is 13.5. The molecule has 100 valence electrons. The lowest BCUT2D eigenvalue weighted by Gasteiger charge is -2.15. The maximum absolute atomic E-state index is 11.8. The average molecular weight is 311 g/mol. The second-order valence-electron chi connectivity index (χ2n) is 3.80. The highest BCUT2D eigenvalue weighted by Crippen LogP contribution is 2.22. The summed E-state index contributed by atoms with van der Waals surface area (Å²) >= 11 is 17.4. The summed E-state index contributed by atoms with van der Waals surface area (Å²) in [6, 6.07) is 4.92. The Morgan fingerprint density at radius 3 is 2.67 bits per heavy atom. The largest absolute Gasteiger partial charge is 0.383 e. The quantitative estimate of drug-likeness (QED) is 0.821. The van der Waals surface area contributed by atoms with Gasteiger partial charge in [0.15, 0.2) is 0 Å². The highest BCUT2D eigenvalue weighted by Gasteiger charge is 2.12. The monoisotopic (exact) mass is 309 g/mol. The van der Waals surface area contributed by atoms with Crippen LogP contribution in [0.25, 0.3) is 0 Å². The van der Waals surface area contributed by atoms with Crippen molar-refractivity contribution in [3.63, 3.8) is 0 Å². The predicted octanol–water partition coefficient (Wildman–Crippen LogP) is 2.91. The number of amides is 1. The van der Waals surface area contributed by atoms with E-state index in [4.69, 9.17) is 39.5 Å². The van der Waals surface area contributed by atoms with Gasteiger partial charge in [-0.15, -0.1) is 11.6 Å². The van der Waals surface area contributed by atoms with Gasteiger partial charge in [-0.25, -0.2) is 0 Å². The first kappa shape index (κ1) is 15.6. The van der Waals surface area contributed by atoms with Crippen molar-refractivity contribution in [3.05, 3.63) is 33.8 Å². The van der Waals surface area contributed by atoms with Gasteiger partial charge >= 0.3 is 0 Å². The molecule has 1 amide bonds. The molecule has 0 aliphatic heterocycles. The smallest absolute Gasteiger partial charge is 0.224 e. The van der Waals surface area contributed by atoms with Crippen LogP contribution < -0.4 is 5.32 Å². The Morgan fingerprint density at radius 1 is 1.39 bits per heavy atom. The molecule has 0 spiro atoms. The molecular weight excluding hydrogens is 296 g/mol. The molecule has 1 atom stereocenters. The van der Waals surface area contributed by atoms with Crippen molar-refractivity contribution in [2.75, 3.05) is 19.6 Å². The number of alkyl halides is 1. The van der Waals surface area contributed by atoms with Gasteiger partial charge in [0.1, 0.15) is 0 Å². The molecule has 1 unspecified atom stereocenters. The minimum absolute atomic E-state index is 0.129. The summed E-state index contributed by atoms with van der Waals surface area (Å²) in [5.74, 6) is 0.178. The summed E-state index contributed by atoms with van der Waals surface area (Å²) in [6.45, 7) is 0.386. The van der Waals surface area contributed by atoms with Crippen molar-refractivity contribution in [3.8, 4) is 0 Å². The number of carbonyl (C=O) groups is 1. The van der Waals surface area contributed by atoms with Gasteiger partial charge in [0.05, 0.1) is 29.1 Å². The Labute approximate surface area is 121 Å². The van der Waals surface area contributed by atoms with Crippen LogP contribution in [0.5, 0.6) is 0 Å². The number of rotatable bonds is 6. The second-order valence-corrected chi connectivity index (χ2v) is 4.92. The van der Waals surface area contributed by atoms with E-state index in [1.165, 1.54) is 0 Å². The van der Waals surface area contributed by atoms with E-state index in [0.29, 0.717) is 22.5 Å². The van der Waals surface area contributed by atoms with E-state index in [2.05, 4.69) is 5.32 Å². The minimum atomic E-state index is -0.188. The van der Waals surface area contributed by atoms with Crippen molar-refractivity contribution >= 4 is 40.7 Å². The van der Waals surface area contributed by atoms with E-state index in [-0.39, 0.29) is 18.4 Å². The number of halogens is 3. The van der Waals surface area contributed by atoms with E-state index >= 15 is 0 Å². The molecule has 0 bridgehead atoms. The molecule has 0 aromatic heterocycles. The Hall–Kier alpha value is -0.480. The topological polar surface area (TPSA) is 38.3 Å². The number of methoxy groups -OCH3 is 1. The van der Waals surface area contributed by atoms with Crippen LogP contribution in [0.1, 0.15) is 5.56 Å². The van der Waals surface area contributed by atoms with E-state index in [1.54, 1.807) is 25.3 Å². The summed E-state index contributed by atoms with van der Waals surface area (Å²) in [5.41, 5.74) is 0.799. The molecule has 1 aromatic rings. The summed E-state index contributed by atoms with van der Waals surface area (Å²) in [6.07, 6.45) is 0.230. The molecule has 6 heteroatoms. The predicted molar refractivity (Wildman–Crippen MR) is 74.7 cm³/mol. The molecule has 0 aliphatic carbocycles. The number of ether oxygens (including phenoxy) is 1. The van der Waals surface area contributed by atoms with Crippen molar-refractivity contribution < 1.29 is 9.53 Å². The van der Waals surface area contributed by atoms with Crippen LogP contribution >= 0.6 is 34.8 Å². The maximum atomic E-state index is 11.8. The van der Waals surface area contributed by atoms with Crippen molar-refractivity contribution in [2.24, 2.45) is 0 Å². The number of hydrogen-bond donors (Lipinski definition) is 1. The first-order chi connectivity index (χ1) is 8.56. The third-order valence-corrected chi connectivity index (χ3v) is 3.38. The first-order valence-corrected chi connectivity index (χ1v) is 6.64. The Bertz CT molecular complexity index is 412. The molecule has 0 heterocycles. The van der Waals surface area contributed by atoms with Gasteiger partial charge in [0.2, 0.25) is 5.91 Å². The van der Waals surface area contributed by atoms with Crippen LogP contribution in [0, 0.1) is 0 Å². The molecule has 1 rings (SSSR count). The van der Waals surface area contributed by atoms with Gasteiger partial charge in [-0.3, -0.25) is 4.79 Å². The first-order valence-electron chi connectivity index (χ1n) is 5.35. The molecule has 18 heavy (non-hydrogen) atoms.